The lowest BCUT2D eigenvalue weighted by molar-refractivity contribution is -0.161. The summed E-state index contributed by atoms with van der Waals surface area (Å²) in [5.41, 5.74) is 0. The van der Waals surface area contributed by atoms with Crippen LogP contribution in [0.15, 0.2) is 194 Å². The van der Waals surface area contributed by atoms with Crippen LogP contribution in [0.4, 0.5) is 0 Å². The number of allylic oxidation sites excluding steroid dienone is 32. The molecular weight excluding hydrogens is 1560 g/mol. The Kier molecular flexibility index (Phi) is 89.2. The summed E-state index contributed by atoms with van der Waals surface area (Å²) in [6.07, 6.45) is 125. The number of carbonyl (C=O) groups is 3. The van der Waals surface area contributed by atoms with E-state index >= 15 is 0 Å². The molecule has 4 N–H and O–H groups in total. The lowest BCUT2D eigenvalue weighted by Crippen LogP contribution is -2.30. The highest BCUT2D eigenvalue weighted by atomic mass is 31.2. The van der Waals surface area contributed by atoms with Crippen LogP contribution in [0.2, 0.25) is 0 Å². The Morgan fingerprint density at radius 2 is 0.438 bits per heavy atom. The maximum atomic E-state index is 13.1. The van der Waals surface area contributed by atoms with Crippen molar-refractivity contribution in [2.75, 3.05) is 39.6 Å². The van der Waals surface area contributed by atoms with Gasteiger partial charge in [0.15, 0.2) is 6.10 Å². The van der Waals surface area contributed by atoms with Gasteiger partial charge in [-0.3, -0.25) is 32.5 Å². The second-order valence-electron chi connectivity index (χ2n) is 31.4. The number of hydrogen-bond acceptors (Lipinski definition) is 14. The summed E-state index contributed by atoms with van der Waals surface area (Å²) in [7, 11) is -9.83. The van der Waals surface area contributed by atoms with Crippen LogP contribution < -0.4 is 0 Å². The van der Waals surface area contributed by atoms with E-state index in [0.29, 0.717) is 19.3 Å². The molecule has 0 saturated heterocycles. The average Bonchev–Trinajstić information content (AvgIpc) is 0.901. The molecule has 0 aromatic heterocycles. The number of esters is 3. The molecule has 0 bridgehead atoms. The Morgan fingerprint density at radius 1 is 0.240 bits per heavy atom. The average molecular weight is 1730 g/mol. The van der Waals surface area contributed by atoms with E-state index in [9.17, 15) is 43.5 Å². The van der Waals surface area contributed by atoms with Crippen LogP contribution in [0.1, 0.15) is 380 Å². The standard InChI is InChI=1S/C103H172O16P2/c1-4-7-10-13-16-19-22-25-28-31-34-37-40-43-44-45-46-47-48-49-50-51-52-55-57-59-62-65-68-71-74-77-80-83-86-89-101(106)113-92-98(104)93-115-120(109,110)116-94-99(105)95-117-121(111,112)118-97-100(119-103(108)91-88-85-82-79-76-73-70-67-64-61-58-54-42-39-36-33-30-27-24-21-18-15-12-9-6-3)96-114-102(107)90-87-84-81-78-75-72-69-66-63-60-56-53-41-38-35-32-29-26-23-20-17-14-11-8-5-2/h7-8,10-11,16-21,25-30,34-39,43-44,46-47,53-54,56,58,63,66,98-100,104-105H,4-6,9,12-15,22-24,31-33,40-42,45,48-52,55,57,59-62,64-65,67-97H2,1-3H3,(H,109,110)(H,111,112)/b10-7-,11-8-,19-16-,20-17-,21-18-,28-25-,29-26-,30-27-,37-34-,38-35-,39-36-,44-43-,47-46-,56-53-,58-54-,66-63-. The number of carbonyl (C=O) groups excluding carboxylic acids is 3. The minimum Gasteiger partial charge on any atom is -0.463 e. The molecule has 0 amide bonds. The molecule has 0 radical (unpaired) electrons. The van der Waals surface area contributed by atoms with Crippen molar-refractivity contribution in [3.63, 3.8) is 0 Å². The zero-order valence-corrected chi connectivity index (χ0v) is 77.9. The third-order valence-electron chi connectivity index (χ3n) is 19.8. The summed E-state index contributed by atoms with van der Waals surface area (Å²) >= 11 is 0. The summed E-state index contributed by atoms with van der Waals surface area (Å²) in [6.45, 7) is 2.44. The number of rotatable bonds is 89. The molecule has 0 spiro atoms. The number of aliphatic hydroxyl groups excluding tert-OH is 2. The highest BCUT2D eigenvalue weighted by Crippen LogP contribution is 2.45. The molecule has 0 saturated carbocycles. The Bertz CT molecular complexity index is 2980. The van der Waals surface area contributed by atoms with Gasteiger partial charge in [-0.05, 0) is 167 Å². The molecule has 0 aliphatic carbocycles. The molecule has 0 aliphatic rings. The van der Waals surface area contributed by atoms with Crippen molar-refractivity contribution in [1.82, 2.24) is 0 Å². The van der Waals surface area contributed by atoms with Gasteiger partial charge in [0, 0.05) is 19.3 Å². The first kappa shape index (κ1) is 115. The molecule has 5 unspecified atom stereocenters. The van der Waals surface area contributed by atoms with Gasteiger partial charge < -0.3 is 34.2 Å². The molecule has 0 rings (SSSR count). The van der Waals surface area contributed by atoms with E-state index in [-0.39, 0.29) is 19.3 Å². The topological polar surface area (TPSA) is 231 Å². The fourth-order valence-electron chi connectivity index (χ4n) is 12.6. The molecule has 18 heteroatoms. The van der Waals surface area contributed by atoms with E-state index in [1.807, 2.05) is 0 Å². The van der Waals surface area contributed by atoms with Gasteiger partial charge in [-0.1, -0.05) is 389 Å². The maximum Gasteiger partial charge on any atom is 0.472 e. The molecule has 0 heterocycles. The van der Waals surface area contributed by atoms with E-state index in [0.717, 1.165) is 186 Å². The van der Waals surface area contributed by atoms with Crippen LogP contribution in [-0.2, 0) is 55.8 Å². The Labute approximate surface area is 737 Å². The Hall–Kier alpha value is -5.61. The van der Waals surface area contributed by atoms with Gasteiger partial charge in [0.1, 0.15) is 25.4 Å². The van der Waals surface area contributed by atoms with Crippen molar-refractivity contribution in [2.24, 2.45) is 0 Å². The normalized spacial score (nSPS) is 14.6. The van der Waals surface area contributed by atoms with Crippen molar-refractivity contribution in [3.05, 3.63) is 194 Å². The summed E-state index contributed by atoms with van der Waals surface area (Å²) < 4.78 is 61.5. The van der Waals surface area contributed by atoms with E-state index in [2.05, 4.69) is 215 Å². The zero-order valence-electron chi connectivity index (χ0n) is 76.1. The van der Waals surface area contributed by atoms with E-state index in [1.165, 1.54) is 135 Å². The first-order valence-corrected chi connectivity index (χ1v) is 50.7. The molecule has 0 aromatic carbocycles. The maximum absolute atomic E-state index is 13.1. The van der Waals surface area contributed by atoms with Gasteiger partial charge >= 0.3 is 33.6 Å². The molecular formula is C103H172O16P2. The molecule has 690 valence electrons. The van der Waals surface area contributed by atoms with Crippen LogP contribution in [0.25, 0.3) is 0 Å². The molecule has 121 heavy (non-hydrogen) atoms. The number of unbranched alkanes of at least 4 members (excludes halogenated alkanes) is 34. The van der Waals surface area contributed by atoms with Gasteiger partial charge in [-0.2, -0.15) is 0 Å². The smallest absolute Gasteiger partial charge is 0.463 e. The largest absolute Gasteiger partial charge is 0.472 e. The minimum absolute atomic E-state index is 0.0878. The second-order valence-corrected chi connectivity index (χ2v) is 34.3. The molecule has 16 nitrogen and oxygen atoms in total. The molecule has 0 aliphatic heterocycles. The van der Waals surface area contributed by atoms with Crippen molar-refractivity contribution in [3.8, 4) is 0 Å². The van der Waals surface area contributed by atoms with Crippen LogP contribution in [0.3, 0.4) is 0 Å². The summed E-state index contributed by atoms with van der Waals surface area (Å²) in [4.78, 5) is 59.1. The Balaban J connectivity index is 4.60. The summed E-state index contributed by atoms with van der Waals surface area (Å²) in [6, 6.07) is 0. The monoisotopic (exact) mass is 1730 g/mol. The minimum atomic E-state index is -4.95. The Morgan fingerprint density at radius 3 is 0.694 bits per heavy atom. The third kappa shape index (κ3) is 94.9. The van der Waals surface area contributed by atoms with E-state index < -0.39 is 91.5 Å². The van der Waals surface area contributed by atoms with E-state index in [1.54, 1.807) is 0 Å². The number of ether oxygens (including phenoxy) is 3. The van der Waals surface area contributed by atoms with Gasteiger partial charge in [-0.15, -0.1) is 0 Å². The number of hydrogen-bond donors (Lipinski definition) is 4. The van der Waals surface area contributed by atoms with Gasteiger partial charge in [0.05, 0.1) is 26.4 Å². The molecule has 5 atom stereocenters. The zero-order chi connectivity index (χ0) is 87.9. The predicted molar refractivity (Wildman–Crippen MR) is 509 cm³/mol. The van der Waals surface area contributed by atoms with Crippen LogP contribution in [0.5, 0.6) is 0 Å². The summed E-state index contributed by atoms with van der Waals surface area (Å²) in [5.74, 6) is -1.60. The lowest BCUT2D eigenvalue weighted by atomic mass is 10.0. The van der Waals surface area contributed by atoms with Crippen molar-refractivity contribution in [1.29, 1.82) is 0 Å². The lowest BCUT2D eigenvalue weighted by Gasteiger charge is -2.21. The van der Waals surface area contributed by atoms with E-state index in [4.69, 9.17) is 32.3 Å². The second kappa shape index (κ2) is 93.5. The van der Waals surface area contributed by atoms with Crippen LogP contribution >= 0.6 is 15.6 Å². The number of phosphoric acid groups is 2. The van der Waals surface area contributed by atoms with Crippen LogP contribution in [-0.4, -0.2) is 95.9 Å². The SMILES string of the molecule is CC/C=C\C/C=C\C/C=C\C/C=C\C/C=C\C/C=C\CCCCCCCCCCCCCCCCCCC(=O)OCC(O)COP(=O)(O)OCC(O)COP(=O)(O)OCC(COC(=O)CCCCCCCC/C=C\C/C=C\C/C=C\C/C=C\C/C=C\C/C=C\CC)OC(=O)CCCCCCCCCCC/C=C\C/C=C\C/C=C\C/C=C\CCCCC. The first-order valence-electron chi connectivity index (χ1n) is 47.7. The quantitative estimate of drug-likeness (QED) is 0.0146. The molecule has 0 aromatic rings. The van der Waals surface area contributed by atoms with Crippen molar-refractivity contribution < 1.29 is 75.8 Å². The number of aliphatic hydroxyl groups is 2. The van der Waals surface area contributed by atoms with Crippen molar-refractivity contribution in [2.45, 2.75) is 399 Å². The third-order valence-corrected chi connectivity index (χ3v) is 21.7. The van der Waals surface area contributed by atoms with Gasteiger partial charge in [0.25, 0.3) is 0 Å². The van der Waals surface area contributed by atoms with Gasteiger partial charge in [-0.25, -0.2) is 9.13 Å². The van der Waals surface area contributed by atoms with Crippen LogP contribution in [0, 0.1) is 0 Å². The highest BCUT2D eigenvalue weighted by Gasteiger charge is 2.30. The number of phosphoric ester groups is 2. The van der Waals surface area contributed by atoms with Crippen molar-refractivity contribution >= 4 is 33.6 Å². The molecule has 0 fully saturated rings. The predicted octanol–water partition coefficient (Wildman–Crippen LogP) is 29.8. The van der Waals surface area contributed by atoms with Gasteiger partial charge in [0.2, 0.25) is 0 Å². The first-order chi connectivity index (χ1) is 59.2. The highest BCUT2D eigenvalue weighted by molar-refractivity contribution is 7.47. The fraction of sp³-hybridized carbons (Fsp3) is 0.660. The summed E-state index contributed by atoms with van der Waals surface area (Å²) in [5, 5.41) is 20.8. The fourth-order valence-corrected chi connectivity index (χ4v) is 14.2.